The SMILES string of the molecule is Cl.O=C(CN1CCCC1C(=O)O)NCc1cccs1. The number of likely N-dealkylation sites (tertiary alicyclic amines) is 1. The number of carboxylic acid groups (broad SMARTS) is 1. The highest BCUT2D eigenvalue weighted by molar-refractivity contribution is 7.09. The predicted molar refractivity (Wildman–Crippen MR) is 75.6 cm³/mol. The molecule has 1 fully saturated rings. The maximum atomic E-state index is 11.7. The predicted octanol–water partition coefficient (Wildman–Crippen LogP) is 1.34. The molecule has 1 atom stereocenters. The Labute approximate surface area is 122 Å². The zero-order chi connectivity index (χ0) is 13.0. The highest BCUT2D eigenvalue weighted by atomic mass is 35.5. The van der Waals surface area contributed by atoms with Crippen LogP contribution in [0.1, 0.15) is 17.7 Å². The third-order valence-corrected chi connectivity index (χ3v) is 3.91. The fourth-order valence-electron chi connectivity index (χ4n) is 2.13. The molecule has 1 aliphatic heterocycles. The molecule has 1 amide bonds. The van der Waals surface area contributed by atoms with Crippen LogP contribution in [0.15, 0.2) is 17.5 Å². The number of carbonyl (C=O) groups is 2. The van der Waals surface area contributed by atoms with Crippen LogP contribution in [0.4, 0.5) is 0 Å². The molecule has 1 aliphatic rings. The van der Waals surface area contributed by atoms with E-state index >= 15 is 0 Å². The van der Waals surface area contributed by atoms with Crippen LogP contribution in [0.3, 0.4) is 0 Å². The molecular formula is C12H17ClN2O3S. The van der Waals surface area contributed by atoms with Crippen molar-refractivity contribution in [1.82, 2.24) is 10.2 Å². The van der Waals surface area contributed by atoms with Crippen LogP contribution in [-0.4, -0.2) is 41.0 Å². The van der Waals surface area contributed by atoms with E-state index in [0.717, 1.165) is 11.3 Å². The fourth-order valence-corrected chi connectivity index (χ4v) is 2.78. The Bertz CT molecular complexity index is 425. The summed E-state index contributed by atoms with van der Waals surface area (Å²) in [5, 5.41) is 13.8. The molecule has 1 unspecified atom stereocenters. The van der Waals surface area contributed by atoms with Crippen LogP contribution in [0.5, 0.6) is 0 Å². The Morgan fingerprint density at radius 2 is 2.32 bits per heavy atom. The maximum absolute atomic E-state index is 11.7. The number of rotatable bonds is 5. The number of aliphatic carboxylic acids is 1. The monoisotopic (exact) mass is 304 g/mol. The van der Waals surface area contributed by atoms with Gasteiger partial charge in [0, 0.05) is 4.88 Å². The summed E-state index contributed by atoms with van der Waals surface area (Å²) < 4.78 is 0. The van der Waals surface area contributed by atoms with Crippen LogP contribution in [0, 0.1) is 0 Å². The lowest BCUT2D eigenvalue weighted by atomic mass is 10.2. The van der Waals surface area contributed by atoms with Crippen molar-refractivity contribution in [2.24, 2.45) is 0 Å². The molecule has 1 aromatic rings. The van der Waals surface area contributed by atoms with Crippen LogP contribution >= 0.6 is 23.7 Å². The Morgan fingerprint density at radius 1 is 1.53 bits per heavy atom. The average Bonchev–Trinajstić information content (AvgIpc) is 2.96. The van der Waals surface area contributed by atoms with Crippen molar-refractivity contribution in [2.45, 2.75) is 25.4 Å². The zero-order valence-corrected chi connectivity index (χ0v) is 12.0. The average molecular weight is 305 g/mol. The minimum absolute atomic E-state index is 0. The second-order valence-electron chi connectivity index (χ2n) is 4.32. The van der Waals surface area contributed by atoms with Gasteiger partial charge in [-0.25, -0.2) is 0 Å². The summed E-state index contributed by atoms with van der Waals surface area (Å²) in [6.07, 6.45) is 1.47. The van der Waals surface area contributed by atoms with Crippen molar-refractivity contribution < 1.29 is 14.7 Å². The molecule has 19 heavy (non-hydrogen) atoms. The van der Waals surface area contributed by atoms with E-state index in [1.165, 1.54) is 0 Å². The molecule has 0 radical (unpaired) electrons. The lowest BCUT2D eigenvalue weighted by Gasteiger charge is -2.20. The minimum Gasteiger partial charge on any atom is -0.480 e. The van der Waals surface area contributed by atoms with Gasteiger partial charge in [0.25, 0.3) is 0 Å². The molecule has 0 aliphatic carbocycles. The number of amides is 1. The second kappa shape index (κ2) is 7.47. The van der Waals surface area contributed by atoms with E-state index < -0.39 is 12.0 Å². The number of hydrogen-bond acceptors (Lipinski definition) is 4. The van der Waals surface area contributed by atoms with Crippen molar-refractivity contribution in [3.05, 3.63) is 22.4 Å². The van der Waals surface area contributed by atoms with Crippen LogP contribution in [0.2, 0.25) is 0 Å². The smallest absolute Gasteiger partial charge is 0.320 e. The molecule has 2 N–H and O–H groups in total. The summed E-state index contributed by atoms with van der Waals surface area (Å²) in [5.41, 5.74) is 0. The fraction of sp³-hybridized carbons (Fsp3) is 0.500. The third kappa shape index (κ3) is 4.49. The van der Waals surface area contributed by atoms with Crippen LogP contribution in [-0.2, 0) is 16.1 Å². The van der Waals surface area contributed by atoms with Gasteiger partial charge < -0.3 is 10.4 Å². The lowest BCUT2D eigenvalue weighted by molar-refractivity contribution is -0.142. The van der Waals surface area contributed by atoms with E-state index in [9.17, 15) is 9.59 Å². The highest BCUT2D eigenvalue weighted by Crippen LogP contribution is 2.16. The van der Waals surface area contributed by atoms with Gasteiger partial charge in [-0.1, -0.05) is 6.07 Å². The van der Waals surface area contributed by atoms with Gasteiger partial charge in [0.2, 0.25) is 5.91 Å². The van der Waals surface area contributed by atoms with Gasteiger partial charge in [-0.2, -0.15) is 0 Å². The first-order valence-corrected chi connectivity index (χ1v) is 6.80. The summed E-state index contributed by atoms with van der Waals surface area (Å²) in [5.74, 6) is -0.949. The van der Waals surface area contributed by atoms with Gasteiger partial charge in [0.05, 0.1) is 13.1 Å². The molecule has 0 bridgehead atoms. The van der Waals surface area contributed by atoms with E-state index in [2.05, 4.69) is 5.32 Å². The largest absolute Gasteiger partial charge is 0.480 e. The topological polar surface area (TPSA) is 69.6 Å². The summed E-state index contributed by atoms with van der Waals surface area (Å²) in [4.78, 5) is 25.5. The Hall–Kier alpha value is -1.11. The standard InChI is InChI=1S/C12H16N2O3S.ClH/c15-11(13-7-9-3-2-6-18-9)8-14-5-1-4-10(14)12(16)17;/h2-3,6,10H,1,4-5,7-8H2,(H,13,15)(H,16,17);1H. The van der Waals surface area contributed by atoms with Gasteiger partial charge in [-0.05, 0) is 30.8 Å². The van der Waals surface area contributed by atoms with E-state index in [0.29, 0.717) is 19.5 Å². The lowest BCUT2D eigenvalue weighted by Crippen LogP contribution is -2.42. The molecule has 7 heteroatoms. The number of hydrogen-bond donors (Lipinski definition) is 2. The van der Waals surface area contributed by atoms with E-state index in [4.69, 9.17) is 5.11 Å². The van der Waals surface area contributed by atoms with Crippen molar-refractivity contribution in [2.75, 3.05) is 13.1 Å². The molecule has 1 saturated heterocycles. The molecule has 106 valence electrons. The number of halogens is 1. The number of carboxylic acids is 1. The van der Waals surface area contributed by atoms with Crippen molar-refractivity contribution in [3.8, 4) is 0 Å². The molecule has 2 heterocycles. The first-order valence-electron chi connectivity index (χ1n) is 5.93. The first kappa shape index (κ1) is 15.9. The number of nitrogens with one attached hydrogen (secondary N) is 1. The molecule has 0 spiro atoms. The van der Waals surface area contributed by atoms with Gasteiger partial charge in [-0.15, -0.1) is 23.7 Å². The number of nitrogens with zero attached hydrogens (tertiary/aromatic N) is 1. The van der Waals surface area contributed by atoms with Gasteiger partial charge >= 0.3 is 5.97 Å². The molecule has 0 saturated carbocycles. The van der Waals surface area contributed by atoms with E-state index in [-0.39, 0.29) is 24.9 Å². The van der Waals surface area contributed by atoms with E-state index in [1.54, 1.807) is 16.2 Å². The van der Waals surface area contributed by atoms with E-state index in [1.807, 2.05) is 17.5 Å². The normalized spacial score (nSPS) is 18.8. The molecule has 2 rings (SSSR count). The quantitative estimate of drug-likeness (QED) is 0.861. The molecule has 1 aromatic heterocycles. The summed E-state index contributed by atoms with van der Waals surface area (Å²) >= 11 is 1.59. The Kier molecular flexibility index (Phi) is 6.27. The summed E-state index contributed by atoms with van der Waals surface area (Å²) in [7, 11) is 0. The van der Waals surface area contributed by atoms with Crippen LogP contribution in [0.25, 0.3) is 0 Å². The van der Waals surface area contributed by atoms with Gasteiger partial charge in [0.1, 0.15) is 6.04 Å². The molecule has 0 aromatic carbocycles. The summed E-state index contributed by atoms with van der Waals surface area (Å²) in [6, 6.07) is 3.39. The van der Waals surface area contributed by atoms with Crippen molar-refractivity contribution in [1.29, 1.82) is 0 Å². The molecular weight excluding hydrogens is 288 g/mol. The van der Waals surface area contributed by atoms with Crippen molar-refractivity contribution >= 4 is 35.6 Å². The zero-order valence-electron chi connectivity index (χ0n) is 10.4. The third-order valence-electron chi connectivity index (χ3n) is 3.04. The minimum atomic E-state index is -0.835. The van der Waals surface area contributed by atoms with Crippen LogP contribution < -0.4 is 5.32 Å². The van der Waals surface area contributed by atoms with Gasteiger partial charge in [-0.3, -0.25) is 14.5 Å². The Morgan fingerprint density at radius 3 is 2.95 bits per heavy atom. The Balaban J connectivity index is 0.00000180. The van der Waals surface area contributed by atoms with Crippen molar-refractivity contribution in [3.63, 3.8) is 0 Å². The maximum Gasteiger partial charge on any atom is 0.320 e. The molecule has 5 nitrogen and oxygen atoms in total. The number of carbonyl (C=O) groups excluding carboxylic acids is 1. The number of thiophene rings is 1. The first-order chi connectivity index (χ1) is 8.66. The van der Waals surface area contributed by atoms with Gasteiger partial charge in [0.15, 0.2) is 0 Å². The second-order valence-corrected chi connectivity index (χ2v) is 5.36. The highest BCUT2D eigenvalue weighted by Gasteiger charge is 2.31. The summed E-state index contributed by atoms with van der Waals surface area (Å²) in [6.45, 7) is 1.37.